The van der Waals surface area contributed by atoms with Gasteiger partial charge >= 0.3 is 0 Å². The van der Waals surface area contributed by atoms with E-state index < -0.39 is 38.7 Å². The number of halogens is 2. The fraction of sp³-hybridized carbons (Fsp3) is 0.296. The SMILES string of the molecule is CCCS(=O)(=O)Nc1ccc(F)c(C(=O)c2c[nH]c3ncc(-c4ccc(OCCCNCCO)nc4)cc23)c1F. The summed E-state index contributed by atoms with van der Waals surface area (Å²) in [6, 6.07) is 6.91. The second kappa shape index (κ2) is 12.9. The lowest BCUT2D eigenvalue weighted by molar-refractivity contribution is 0.103. The summed E-state index contributed by atoms with van der Waals surface area (Å²) in [5.74, 6) is -3.21. The van der Waals surface area contributed by atoms with Gasteiger partial charge in [0.1, 0.15) is 11.5 Å². The Hall–Kier alpha value is -3.94. The molecule has 0 unspecified atom stereocenters. The Balaban J connectivity index is 1.57. The van der Waals surface area contributed by atoms with Crippen LogP contribution in [0.5, 0.6) is 5.88 Å². The molecule has 4 aromatic rings. The van der Waals surface area contributed by atoms with Crippen molar-refractivity contribution in [2.75, 3.05) is 36.8 Å². The molecule has 0 amide bonds. The van der Waals surface area contributed by atoms with Crippen molar-refractivity contribution in [1.82, 2.24) is 20.3 Å². The largest absolute Gasteiger partial charge is 0.478 e. The molecule has 3 aromatic heterocycles. The van der Waals surface area contributed by atoms with Gasteiger partial charge in [0.25, 0.3) is 0 Å². The molecule has 0 bridgehead atoms. The molecule has 0 saturated carbocycles. The Morgan fingerprint density at radius 1 is 1.10 bits per heavy atom. The summed E-state index contributed by atoms with van der Waals surface area (Å²) in [6.45, 7) is 3.40. The highest BCUT2D eigenvalue weighted by Crippen LogP contribution is 2.30. The number of aliphatic hydroxyl groups excluding tert-OH is 1. The molecular weight excluding hydrogens is 544 g/mol. The zero-order valence-electron chi connectivity index (χ0n) is 21.7. The molecule has 0 fully saturated rings. The predicted molar refractivity (Wildman–Crippen MR) is 147 cm³/mol. The topological polar surface area (TPSA) is 146 Å². The van der Waals surface area contributed by atoms with E-state index in [2.05, 4.69) is 25.0 Å². The van der Waals surface area contributed by atoms with Gasteiger partial charge < -0.3 is 20.1 Å². The van der Waals surface area contributed by atoms with Gasteiger partial charge in [-0.25, -0.2) is 27.2 Å². The number of aromatic nitrogens is 3. The van der Waals surface area contributed by atoms with E-state index in [4.69, 9.17) is 9.84 Å². The van der Waals surface area contributed by atoms with E-state index in [-0.39, 0.29) is 17.9 Å². The van der Waals surface area contributed by atoms with Crippen molar-refractivity contribution in [2.24, 2.45) is 0 Å². The highest BCUT2D eigenvalue weighted by Gasteiger charge is 2.26. The molecule has 13 heteroatoms. The van der Waals surface area contributed by atoms with Crippen LogP contribution in [0.2, 0.25) is 0 Å². The molecule has 0 atom stereocenters. The quantitative estimate of drug-likeness (QED) is 0.132. The first kappa shape index (κ1) is 29.1. The summed E-state index contributed by atoms with van der Waals surface area (Å²) in [4.78, 5) is 24.8. The summed E-state index contributed by atoms with van der Waals surface area (Å²) >= 11 is 0. The molecule has 40 heavy (non-hydrogen) atoms. The molecule has 212 valence electrons. The Kier molecular flexibility index (Phi) is 9.40. The fourth-order valence-electron chi connectivity index (χ4n) is 4.02. The van der Waals surface area contributed by atoms with Crippen LogP contribution in [0.3, 0.4) is 0 Å². The average Bonchev–Trinajstić information content (AvgIpc) is 3.36. The molecule has 0 radical (unpaired) electrons. The first-order valence-electron chi connectivity index (χ1n) is 12.6. The average molecular weight is 574 g/mol. The minimum Gasteiger partial charge on any atom is -0.478 e. The van der Waals surface area contributed by atoms with E-state index in [9.17, 15) is 17.6 Å². The Morgan fingerprint density at radius 2 is 1.90 bits per heavy atom. The van der Waals surface area contributed by atoms with Gasteiger partial charge in [-0.2, -0.15) is 0 Å². The first-order valence-corrected chi connectivity index (χ1v) is 14.3. The van der Waals surface area contributed by atoms with Crippen LogP contribution in [0.1, 0.15) is 35.7 Å². The second-order valence-corrected chi connectivity index (χ2v) is 10.8. The van der Waals surface area contributed by atoms with Crippen molar-refractivity contribution in [3.63, 3.8) is 0 Å². The molecule has 0 saturated heterocycles. The van der Waals surface area contributed by atoms with Gasteiger partial charge in [0.05, 0.1) is 30.2 Å². The second-order valence-electron chi connectivity index (χ2n) is 8.92. The third kappa shape index (κ3) is 6.79. The van der Waals surface area contributed by atoms with Gasteiger partial charge in [-0.15, -0.1) is 0 Å². The number of nitrogens with one attached hydrogen (secondary N) is 3. The van der Waals surface area contributed by atoms with E-state index in [1.54, 1.807) is 37.5 Å². The highest BCUT2D eigenvalue weighted by molar-refractivity contribution is 7.92. The lowest BCUT2D eigenvalue weighted by Gasteiger charge is -2.11. The van der Waals surface area contributed by atoms with Crippen LogP contribution >= 0.6 is 0 Å². The van der Waals surface area contributed by atoms with E-state index in [0.29, 0.717) is 54.2 Å². The van der Waals surface area contributed by atoms with Crippen LogP contribution in [0.15, 0.2) is 48.9 Å². The predicted octanol–water partition coefficient (Wildman–Crippen LogP) is 3.64. The maximum Gasteiger partial charge on any atom is 0.232 e. The number of H-pyrrole nitrogens is 1. The maximum atomic E-state index is 15.2. The monoisotopic (exact) mass is 573 g/mol. The number of carbonyl (C=O) groups is 1. The van der Waals surface area contributed by atoms with Crippen molar-refractivity contribution in [1.29, 1.82) is 0 Å². The van der Waals surface area contributed by atoms with Gasteiger partial charge in [-0.1, -0.05) is 6.92 Å². The normalized spacial score (nSPS) is 11.6. The number of sulfonamides is 1. The van der Waals surface area contributed by atoms with Crippen molar-refractivity contribution in [3.05, 3.63) is 71.7 Å². The Bertz CT molecular complexity index is 1590. The van der Waals surface area contributed by atoms with Crippen molar-refractivity contribution >= 4 is 32.5 Å². The fourth-order valence-corrected chi connectivity index (χ4v) is 5.16. The van der Waals surface area contributed by atoms with Crippen LogP contribution in [0.4, 0.5) is 14.5 Å². The number of carbonyl (C=O) groups excluding carboxylic acids is 1. The Labute approximate surface area is 229 Å². The molecule has 0 aliphatic rings. The number of aliphatic hydroxyl groups is 1. The molecule has 10 nitrogen and oxygen atoms in total. The zero-order valence-corrected chi connectivity index (χ0v) is 22.5. The maximum absolute atomic E-state index is 15.2. The van der Waals surface area contributed by atoms with Crippen LogP contribution < -0.4 is 14.8 Å². The number of rotatable bonds is 14. The summed E-state index contributed by atoms with van der Waals surface area (Å²) in [5, 5.41) is 12.1. The van der Waals surface area contributed by atoms with Gasteiger partial charge in [-0.3, -0.25) is 9.52 Å². The number of hydrogen-bond donors (Lipinski definition) is 4. The molecular formula is C27H29F2N5O5S. The van der Waals surface area contributed by atoms with Gasteiger partial charge in [0, 0.05) is 53.3 Å². The molecule has 4 rings (SSSR count). The van der Waals surface area contributed by atoms with E-state index in [0.717, 1.165) is 18.6 Å². The highest BCUT2D eigenvalue weighted by atomic mass is 32.2. The van der Waals surface area contributed by atoms with E-state index >= 15 is 4.39 Å². The summed E-state index contributed by atoms with van der Waals surface area (Å²) in [7, 11) is -3.87. The van der Waals surface area contributed by atoms with Crippen LogP contribution in [-0.4, -0.2) is 66.3 Å². The first-order chi connectivity index (χ1) is 19.2. The van der Waals surface area contributed by atoms with E-state index in [1.807, 2.05) is 0 Å². The minimum atomic E-state index is -3.87. The number of hydrogen-bond acceptors (Lipinski definition) is 8. The number of anilines is 1. The van der Waals surface area contributed by atoms with Crippen molar-refractivity contribution in [3.8, 4) is 17.0 Å². The van der Waals surface area contributed by atoms with E-state index in [1.165, 1.54) is 6.20 Å². The lowest BCUT2D eigenvalue weighted by Crippen LogP contribution is -2.20. The number of pyridine rings is 2. The standard InChI is InChI=1S/C27H29F2N5O5S/c1-2-12-40(37,38)34-22-6-5-21(28)24(25(22)29)26(36)20-16-33-27-19(20)13-18(15-32-27)17-4-7-23(31-14-17)39-11-3-8-30-9-10-35/h4-7,13-16,30,34-35H,2-3,8-12H2,1H3,(H,32,33). The Morgan fingerprint density at radius 3 is 2.62 bits per heavy atom. The molecule has 0 aliphatic heterocycles. The van der Waals surface area contributed by atoms with Gasteiger partial charge in [-0.05, 0) is 43.7 Å². The molecule has 3 heterocycles. The number of fused-ring (bicyclic) bond motifs is 1. The summed E-state index contributed by atoms with van der Waals surface area (Å²) in [6.07, 6.45) is 5.50. The van der Waals surface area contributed by atoms with Crippen LogP contribution in [0, 0.1) is 11.6 Å². The van der Waals surface area contributed by atoms with Crippen molar-refractivity contribution in [2.45, 2.75) is 19.8 Å². The van der Waals surface area contributed by atoms with Crippen LogP contribution in [-0.2, 0) is 10.0 Å². The molecule has 4 N–H and O–H groups in total. The van der Waals surface area contributed by atoms with Gasteiger partial charge in [0.2, 0.25) is 21.7 Å². The van der Waals surface area contributed by atoms with Crippen molar-refractivity contribution < 1.29 is 31.8 Å². The third-order valence-corrected chi connectivity index (χ3v) is 7.41. The number of ether oxygens (including phenoxy) is 1. The molecule has 0 spiro atoms. The lowest BCUT2D eigenvalue weighted by atomic mass is 10.00. The van der Waals surface area contributed by atoms with Gasteiger partial charge in [0.15, 0.2) is 5.82 Å². The zero-order chi connectivity index (χ0) is 28.7. The number of ketones is 1. The number of aromatic amines is 1. The molecule has 1 aromatic carbocycles. The van der Waals surface area contributed by atoms with Crippen LogP contribution in [0.25, 0.3) is 22.2 Å². The number of benzene rings is 1. The minimum absolute atomic E-state index is 0.0292. The summed E-state index contributed by atoms with van der Waals surface area (Å²) in [5.41, 5.74) is 0.198. The summed E-state index contributed by atoms with van der Waals surface area (Å²) < 4.78 is 61.9. The molecule has 0 aliphatic carbocycles. The smallest absolute Gasteiger partial charge is 0.232 e. The third-order valence-electron chi connectivity index (χ3n) is 5.94. The number of nitrogens with zero attached hydrogens (tertiary/aromatic N) is 2.